The highest BCUT2D eigenvalue weighted by Crippen LogP contribution is 2.25. The SMILES string of the molecule is CCC(=O)C(C)c1nc(-c2ccc(OC)c(C)c2)no1. The Morgan fingerprint density at radius 3 is 2.80 bits per heavy atom. The Balaban J connectivity index is 2.29. The van der Waals surface area contributed by atoms with E-state index in [9.17, 15) is 4.79 Å². The zero-order valence-corrected chi connectivity index (χ0v) is 12.1. The molecule has 1 unspecified atom stereocenters. The summed E-state index contributed by atoms with van der Waals surface area (Å²) in [4.78, 5) is 16.0. The van der Waals surface area contributed by atoms with Crippen LogP contribution in [0, 0.1) is 6.92 Å². The molecule has 0 radical (unpaired) electrons. The first-order valence-corrected chi connectivity index (χ1v) is 6.58. The molecule has 106 valence electrons. The van der Waals surface area contributed by atoms with Crippen LogP contribution in [-0.4, -0.2) is 23.0 Å². The molecule has 5 heteroatoms. The van der Waals surface area contributed by atoms with E-state index in [4.69, 9.17) is 9.26 Å². The molecule has 20 heavy (non-hydrogen) atoms. The average molecular weight is 274 g/mol. The van der Waals surface area contributed by atoms with Crippen molar-refractivity contribution in [1.29, 1.82) is 0 Å². The molecule has 0 spiro atoms. The molecule has 0 fully saturated rings. The van der Waals surface area contributed by atoms with E-state index >= 15 is 0 Å². The summed E-state index contributed by atoms with van der Waals surface area (Å²) in [6.45, 7) is 5.55. The fourth-order valence-electron chi connectivity index (χ4n) is 1.99. The van der Waals surface area contributed by atoms with Crippen molar-refractivity contribution in [2.75, 3.05) is 7.11 Å². The Labute approximate surface area is 118 Å². The average Bonchev–Trinajstić information content (AvgIpc) is 2.95. The van der Waals surface area contributed by atoms with Gasteiger partial charge in [0.05, 0.1) is 13.0 Å². The summed E-state index contributed by atoms with van der Waals surface area (Å²) in [6, 6.07) is 5.66. The zero-order valence-electron chi connectivity index (χ0n) is 12.1. The Morgan fingerprint density at radius 1 is 1.45 bits per heavy atom. The van der Waals surface area contributed by atoms with Crippen LogP contribution in [0.5, 0.6) is 5.75 Å². The number of rotatable bonds is 5. The maximum atomic E-state index is 11.7. The van der Waals surface area contributed by atoms with Gasteiger partial charge in [0.15, 0.2) is 0 Å². The van der Waals surface area contributed by atoms with Crippen LogP contribution in [0.25, 0.3) is 11.4 Å². The molecule has 0 saturated carbocycles. The minimum absolute atomic E-state index is 0.0890. The minimum atomic E-state index is -0.361. The third kappa shape index (κ3) is 2.71. The van der Waals surface area contributed by atoms with E-state index in [0.717, 1.165) is 16.9 Å². The van der Waals surface area contributed by atoms with Crippen molar-refractivity contribution < 1.29 is 14.1 Å². The molecule has 0 amide bonds. The van der Waals surface area contributed by atoms with Gasteiger partial charge in [-0.05, 0) is 37.6 Å². The van der Waals surface area contributed by atoms with Gasteiger partial charge in [0.25, 0.3) is 0 Å². The molecule has 0 aliphatic carbocycles. The van der Waals surface area contributed by atoms with Crippen molar-refractivity contribution in [3.05, 3.63) is 29.7 Å². The molecular weight excluding hydrogens is 256 g/mol. The van der Waals surface area contributed by atoms with E-state index in [1.54, 1.807) is 14.0 Å². The Morgan fingerprint density at radius 2 is 2.20 bits per heavy atom. The highest BCUT2D eigenvalue weighted by atomic mass is 16.5. The topological polar surface area (TPSA) is 65.2 Å². The Hall–Kier alpha value is -2.17. The molecule has 0 bridgehead atoms. The number of ketones is 1. The second-order valence-electron chi connectivity index (χ2n) is 4.68. The predicted molar refractivity (Wildman–Crippen MR) is 74.7 cm³/mol. The first kappa shape index (κ1) is 14.2. The van der Waals surface area contributed by atoms with Crippen molar-refractivity contribution in [3.8, 4) is 17.1 Å². The van der Waals surface area contributed by atoms with E-state index in [2.05, 4.69) is 10.1 Å². The lowest BCUT2D eigenvalue weighted by atomic mass is 10.1. The van der Waals surface area contributed by atoms with Crippen molar-refractivity contribution >= 4 is 5.78 Å². The number of carbonyl (C=O) groups is 1. The number of Topliss-reactive ketones (excluding diaryl/α,β-unsaturated/α-hetero) is 1. The predicted octanol–water partition coefficient (Wildman–Crippen LogP) is 3.14. The van der Waals surface area contributed by atoms with Crippen LogP contribution in [0.2, 0.25) is 0 Å². The number of nitrogens with zero attached hydrogens (tertiary/aromatic N) is 2. The molecule has 1 atom stereocenters. The van der Waals surface area contributed by atoms with Crippen LogP contribution in [-0.2, 0) is 4.79 Å². The first-order valence-electron chi connectivity index (χ1n) is 6.58. The van der Waals surface area contributed by atoms with Gasteiger partial charge in [0.1, 0.15) is 11.5 Å². The summed E-state index contributed by atoms with van der Waals surface area (Å²) in [5, 5.41) is 3.94. The van der Waals surface area contributed by atoms with Crippen LogP contribution < -0.4 is 4.74 Å². The van der Waals surface area contributed by atoms with Crippen molar-refractivity contribution in [1.82, 2.24) is 10.1 Å². The summed E-state index contributed by atoms with van der Waals surface area (Å²) in [6.07, 6.45) is 0.459. The maximum Gasteiger partial charge on any atom is 0.237 e. The summed E-state index contributed by atoms with van der Waals surface area (Å²) in [5.41, 5.74) is 1.84. The molecule has 1 heterocycles. The smallest absolute Gasteiger partial charge is 0.237 e. The number of hydrogen-bond donors (Lipinski definition) is 0. The van der Waals surface area contributed by atoms with Gasteiger partial charge in [-0.15, -0.1) is 0 Å². The zero-order chi connectivity index (χ0) is 14.7. The van der Waals surface area contributed by atoms with E-state index < -0.39 is 0 Å². The number of aryl methyl sites for hydroxylation is 1. The van der Waals surface area contributed by atoms with Gasteiger partial charge in [-0.25, -0.2) is 0 Å². The van der Waals surface area contributed by atoms with Crippen LogP contribution >= 0.6 is 0 Å². The summed E-state index contributed by atoms with van der Waals surface area (Å²) >= 11 is 0. The minimum Gasteiger partial charge on any atom is -0.496 e. The lowest BCUT2D eigenvalue weighted by Gasteiger charge is -2.04. The number of methoxy groups -OCH3 is 1. The lowest BCUT2D eigenvalue weighted by Crippen LogP contribution is -2.07. The van der Waals surface area contributed by atoms with Gasteiger partial charge >= 0.3 is 0 Å². The van der Waals surface area contributed by atoms with Gasteiger partial charge in [0, 0.05) is 12.0 Å². The van der Waals surface area contributed by atoms with Crippen LogP contribution in [0.3, 0.4) is 0 Å². The van der Waals surface area contributed by atoms with Gasteiger partial charge in [0.2, 0.25) is 11.7 Å². The van der Waals surface area contributed by atoms with E-state index in [-0.39, 0.29) is 11.7 Å². The van der Waals surface area contributed by atoms with E-state index in [0.29, 0.717) is 18.1 Å². The van der Waals surface area contributed by atoms with E-state index in [1.165, 1.54) is 0 Å². The second kappa shape index (κ2) is 5.86. The maximum absolute atomic E-state index is 11.7. The van der Waals surface area contributed by atoms with Crippen LogP contribution in [0.1, 0.15) is 37.6 Å². The first-order chi connectivity index (χ1) is 9.56. The van der Waals surface area contributed by atoms with Crippen molar-refractivity contribution in [3.63, 3.8) is 0 Å². The molecular formula is C15H18N2O3. The summed E-state index contributed by atoms with van der Waals surface area (Å²) in [7, 11) is 1.63. The molecule has 1 aromatic heterocycles. The normalized spacial score (nSPS) is 12.2. The molecule has 5 nitrogen and oxygen atoms in total. The standard InChI is InChI=1S/C15H18N2O3/c1-5-12(18)10(3)15-16-14(17-20-15)11-6-7-13(19-4)9(2)8-11/h6-8,10H,5H2,1-4H3. The second-order valence-corrected chi connectivity index (χ2v) is 4.68. The summed E-state index contributed by atoms with van der Waals surface area (Å²) < 4.78 is 10.4. The van der Waals surface area contributed by atoms with Gasteiger partial charge in [-0.1, -0.05) is 12.1 Å². The monoisotopic (exact) mass is 274 g/mol. The third-order valence-electron chi connectivity index (χ3n) is 3.30. The van der Waals surface area contributed by atoms with Crippen molar-refractivity contribution in [2.45, 2.75) is 33.1 Å². The molecule has 0 N–H and O–H groups in total. The highest BCUT2D eigenvalue weighted by Gasteiger charge is 2.20. The number of aromatic nitrogens is 2. The molecule has 2 aromatic rings. The number of benzene rings is 1. The van der Waals surface area contributed by atoms with Gasteiger partial charge in [-0.3, -0.25) is 4.79 Å². The summed E-state index contributed by atoms with van der Waals surface area (Å²) in [5.74, 6) is 1.39. The fourth-order valence-corrected chi connectivity index (χ4v) is 1.99. The quantitative estimate of drug-likeness (QED) is 0.838. The Bertz CT molecular complexity index is 619. The van der Waals surface area contributed by atoms with Gasteiger partial charge < -0.3 is 9.26 Å². The Kier molecular flexibility index (Phi) is 4.17. The number of carbonyl (C=O) groups excluding carboxylic acids is 1. The molecule has 0 aliphatic heterocycles. The van der Waals surface area contributed by atoms with Crippen LogP contribution in [0.4, 0.5) is 0 Å². The molecule has 1 aromatic carbocycles. The third-order valence-corrected chi connectivity index (χ3v) is 3.30. The lowest BCUT2D eigenvalue weighted by molar-refractivity contribution is -0.120. The number of ether oxygens (including phenoxy) is 1. The van der Waals surface area contributed by atoms with Gasteiger partial charge in [-0.2, -0.15) is 4.98 Å². The van der Waals surface area contributed by atoms with Crippen molar-refractivity contribution in [2.24, 2.45) is 0 Å². The molecule has 0 aliphatic rings. The molecule has 0 saturated heterocycles. The molecule has 2 rings (SSSR count). The van der Waals surface area contributed by atoms with E-state index in [1.807, 2.05) is 32.0 Å². The fraction of sp³-hybridized carbons (Fsp3) is 0.400. The largest absolute Gasteiger partial charge is 0.496 e. The highest BCUT2D eigenvalue weighted by molar-refractivity contribution is 5.84. The number of hydrogen-bond acceptors (Lipinski definition) is 5. The van der Waals surface area contributed by atoms with Crippen LogP contribution in [0.15, 0.2) is 22.7 Å².